The Morgan fingerprint density at radius 2 is 1.89 bits per heavy atom. The molecule has 0 radical (unpaired) electrons. The summed E-state index contributed by atoms with van der Waals surface area (Å²) in [5.74, 6) is 0.687. The van der Waals surface area contributed by atoms with Crippen LogP contribution in [0.4, 0.5) is 0 Å². The minimum Gasteiger partial charge on any atom is -0.307 e. The number of aryl methyl sites for hydroxylation is 1. The highest BCUT2D eigenvalue weighted by Crippen LogP contribution is 2.24. The van der Waals surface area contributed by atoms with E-state index in [1.165, 1.54) is 6.20 Å². The Bertz CT molecular complexity index is 1050. The van der Waals surface area contributed by atoms with E-state index in [4.69, 9.17) is 0 Å². The van der Waals surface area contributed by atoms with Crippen molar-refractivity contribution in [3.63, 3.8) is 0 Å². The van der Waals surface area contributed by atoms with E-state index in [1.807, 2.05) is 35.9 Å². The van der Waals surface area contributed by atoms with Crippen LogP contribution in [-0.2, 0) is 15.8 Å². The fourth-order valence-corrected chi connectivity index (χ4v) is 5.65. The minimum atomic E-state index is -3.45. The van der Waals surface area contributed by atoms with Gasteiger partial charge in [-0.25, -0.2) is 18.4 Å². The monoisotopic (exact) mass is 416 g/mol. The Kier molecular flexibility index (Phi) is 5.70. The van der Waals surface area contributed by atoms with E-state index >= 15 is 0 Å². The summed E-state index contributed by atoms with van der Waals surface area (Å²) in [6.45, 7) is 3.25. The van der Waals surface area contributed by atoms with E-state index in [0.29, 0.717) is 18.8 Å². The lowest BCUT2D eigenvalue weighted by Gasteiger charge is -2.19. The van der Waals surface area contributed by atoms with Crippen LogP contribution in [0.1, 0.15) is 36.9 Å². The van der Waals surface area contributed by atoms with Crippen LogP contribution in [0.5, 0.6) is 0 Å². The molecule has 0 aromatic carbocycles. The van der Waals surface area contributed by atoms with E-state index < -0.39 is 10.0 Å². The van der Waals surface area contributed by atoms with Crippen molar-refractivity contribution in [1.82, 2.24) is 18.7 Å². The van der Waals surface area contributed by atoms with Gasteiger partial charge in [-0.3, -0.25) is 0 Å². The number of imidazole rings is 1. The van der Waals surface area contributed by atoms with Crippen LogP contribution in [0.15, 0.2) is 52.8 Å². The number of hydrogen-bond donors (Lipinski definition) is 0. The van der Waals surface area contributed by atoms with Crippen LogP contribution in [0.2, 0.25) is 0 Å². The van der Waals surface area contributed by atoms with Crippen LogP contribution in [0.3, 0.4) is 0 Å². The van der Waals surface area contributed by atoms with Gasteiger partial charge in [0.05, 0.1) is 10.7 Å². The molecule has 0 saturated carbocycles. The first-order valence-corrected chi connectivity index (χ1v) is 12.0. The van der Waals surface area contributed by atoms with Crippen molar-refractivity contribution in [3.05, 3.63) is 54.1 Å². The summed E-state index contributed by atoms with van der Waals surface area (Å²) in [5.41, 5.74) is 3.08. The molecule has 4 heterocycles. The number of hydrogen-bond acceptors (Lipinski definition) is 5. The maximum Gasteiger partial charge on any atom is 0.244 e. The summed E-state index contributed by atoms with van der Waals surface area (Å²) in [6, 6.07) is 7.51. The van der Waals surface area contributed by atoms with Gasteiger partial charge in [-0.2, -0.15) is 4.31 Å². The molecule has 0 atom stereocenters. The van der Waals surface area contributed by atoms with Gasteiger partial charge in [-0.05, 0) is 43.5 Å². The van der Waals surface area contributed by atoms with Crippen LogP contribution in [0.25, 0.3) is 5.65 Å². The van der Waals surface area contributed by atoms with Gasteiger partial charge in [0.25, 0.3) is 0 Å². The Morgan fingerprint density at radius 1 is 1.11 bits per heavy atom. The molecule has 0 unspecified atom stereocenters. The smallest absolute Gasteiger partial charge is 0.244 e. The molecule has 3 aromatic rings. The third-order valence-electron chi connectivity index (χ3n) is 5.01. The second kappa shape index (κ2) is 8.23. The Morgan fingerprint density at radius 3 is 2.57 bits per heavy atom. The third kappa shape index (κ3) is 4.09. The first-order valence-electron chi connectivity index (χ1n) is 9.56. The largest absolute Gasteiger partial charge is 0.307 e. The molecule has 0 aliphatic carbocycles. The SMILES string of the molecule is Cc1cccn2cc(CSc3ccc(S(=O)(=O)N4CCCCCC4)cn3)nc12. The fourth-order valence-electron chi connectivity index (χ4n) is 3.46. The first-order chi connectivity index (χ1) is 13.5. The average Bonchev–Trinajstić information content (AvgIpc) is 2.92. The summed E-state index contributed by atoms with van der Waals surface area (Å²) in [4.78, 5) is 9.32. The van der Waals surface area contributed by atoms with Crippen LogP contribution < -0.4 is 0 Å². The topological polar surface area (TPSA) is 67.6 Å². The maximum atomic E-state index is 12.8. The van der Waals surface area contributed by atoms with Crippen LogP contribution in [0, 0.1) is 6.92 Å². The van der Waals surface area contributed by atoms with Crippen LogP contribution >= 0.6 is 11.8 Å². The zero-order chi connectivity index (χ0) is 19.6. The number of nitrogens with zero attached hydrogens (tertiary/aromatic N) is 4. The standard InChI is InChI=1S/C20H24N4O2S2/c1-16-7-6-10-23-14-17(22-20(16)23)15-27-19-9-8-18(13-21-19)28(25,26)24-11-4-2-3-5-12-24/h6-10,13-14H,2-5,11-12,15H2,1H3. The minimum absolute atomic E-state index is 0.280. The molecular weight excluding hydrogens is 392 g/mol. The van der Waals surface area contributed by atoms with Gasteiger partial charge in [0.1, 0.15) is 10.5 Å². The van der Waals surface area contributed by atoms with E-state index in [-0.39, 0.29) is 4.90 Å². The molecule has 0 amide bonds. The molecule has 6 nitrogen and oxygen atoms in total. The van der Waals surface area contributed by atoms with E-state index in [0.717, 1.165) is 47.6 Å². The number of aromatic nitrogens is 3. The predicted octanol–water partition coefficient (Wildman–Crippen LogP) is 3.89. The maximum absolute atomic E-state index is 12.8. The third-order valence-corrected chi connectivity index (χ3v) is 7.87. The van der Waals surface area contributed by atoms with Gasteiger partial charge in [-0.15, -0.1) is 0 Å². The van der Waals surface area contributed by atoms with Crippen LogP contribution in [-0.4, -0.2) is 40.2 Å². The average molecular weight is 417 g/mol. The Hall–Kier alpha value is -1.90. The van der Waals surface area contributed by atoms with Crippen molar-refractivity contribution in [3.8, 4) is 0 Å². The van der Waals surface area contributed by atoms with Gasteiger partial charge in [-0.1, -0.05) is 30.7 Å². The van der Waals surface area contributed by atoms with Crippen molar-refractivity contribution in [2.75, 3.05) is 13.1 Å². The van der Waals surface area contributed by atoms with Crippen molar-refractivity contribution in [1.29, 1.82) is 0 Å². The van der Waals surface area contributed by atoms with Gasteiger partial charge in [0, 0.05) is 37.4 Å². The molecule has 1 aliphatic heterocycles. The van der Waals surface area contributed by atoms with Crippen molar-refractivity contribution >= 4 is 27.4 Å². The summed E-state index contributed by atoms with van der Waals surface area (Å²) >= 11 is 1.56. The molecule has 1 aliphatic rings. The molecule has 0 bridgehead atoms. The second-order valence-corrected chi connectivity index (χ2v) is 10.0. The molecule has 0 N–H and O–H groups in total. The quantitative estimate of drug-likeness (QED) is 0.590. The van der Waals surface area contributed by atoms with Gasteiger partial charge in [0.2, 0.25) is 10.0 Å². The molecule has 0 spiro atoms. The van der Waals surface area contributed by atoms with Gasteiger partial charge in [0.15, 0.2) is 0 Å². The lowest BCUT2D eigenvalue weighted by molar-refractivity contribution is 0.423. The zero-order valence-electron chi connectivity index (χ0n) is 15.9. The number of pyridine rings is 2. The molecule has 3 aromatic heterocycles. The first kappa shape index (κ1) is 19.4. The Balaban J connectivity index is 1.44. The Labute approximate surface area is 170 Å². The highest BCUT2D eigenvalue weighted by atomic mass is 32.2. The summed E-state index contributed by atoms with van der Waals surface area (Å²) in [6.07, 6.45) is 9.55. The number of thioether (sulfide) groups is 1. The summed E-state index contributed by atoms with van der Waals surface area (Å²) in [5, 5.41) is 0.795. The zero-order valence-corrected chi connectivity index (χ0v) is 17.5. The van der Waals surface area contributed by atoms with E-state index in [2.05, 4.69) is 9.97 Å². The van der Waals surface area contributed by atoms with Crippen molar-refractivity contribution in [2.45, 2.75) is 48.3 Å². The predicted molar refractivity (Wildman–Crippen MR) is 111 cm³/mol. The van der Waals surface area contributed by atoms with Gasteiger partial charge < -0.3 is 4.40 Å². The number of rotatable bonds is 5. The van der Waals surface area contributed by atoms with Gasteiger partial charge >= 0.3 is 0 Å². The summed E-state index contributed by atoms with van der Waals surface area (Å²) < 4.78 is 29.3. The summed E-state index contributed by atoms with van der Waals surface area (Å²) in [7, 11) is -3.45. The normalized spacial score (nSPS) is 16.3. The molecule has 4 rings (SSSR count). The molecule has 8 heteroatoms. The van der Waals surface area contributed by atoms with Crippen molar-refractivity contribution in [2.24, 2.45) is 0 Å². The molecular formula is C20H24N4O2S2. The highest BCUT2D eigenvalue weighted by molar-refractivity contribution is 7.98. The molecule has 148 valence electrons. The molecule has 1 fully saturated rings. The highest BCUT2D eigenvalue weighted by Gasteiger charge is 2.25. The molecule has 28 heavy (non-hydrogen) atoms. The number of sulfonamides is 1. The van der Waals surface area contributed by atoms with E-state index in [9.17, 15) is 8.42 Å². The lowest BCUT2D eigenvalue weighted by Crippen LogP contribution is -2.32. The number of fused-ring (bicyclic) bond motifs is 1. The van der Waals surface area contributed by atoms with Crippen molar-refractivity contribution < 1.29 is 8.42 Å². The fraction of sp³-hybridized carbons (Fsp3) is 0.400. The molecule has 1 saturated heterocycles. The van der Waals surface area contributed by atoms with E-state index in [1.54, 1.807) is 28.2 Å². The lowest BCUT2D eigenvalue weighted by atomic mass is 10.2. The second-order valence-electron chi connectivity index (χ2n) is 7.09.